The van der Waals surface area contributed by atoms with Gasteiger partial charge in [0.1, 0.15) is 5.75 Å². The Morgan fingerprint density at radius 3 is 2.52 bits per heavy atom. The number of pyridine rings is 1. The van der Waals surface area contributed by atoms with Gasteiger partial charge in [-0.1, -0.05) is 25.1 Å². The van der Waals surface area contributed by atoms with Crippen LogP contribution in [0.3, 0.4) is 0 Å². The van der Waals surface area contributed by atoms with Gasteiger partial charge in [0.25, 0.3) is 0 Å². The Balaban J connectivity index is 1.97. The Morgan fingerprint density at radius 1 is 1.11 bits per heavy atom. The fourth-order valence-corrected chi connectivity index (χ4v) is 3.45. The van der Waals surface area contributed by atoms with Crippen LogP contribution in [-0.2, 0) is 0 Å². The van der Waals surface area contributed by atoms with Crippen LogP contribution in [0, 0.1) is 13.8 Å². The quantitative estimate of drug-likeness (QED) is 0.348. The number of aryl methyl sites for hydroxylation is 2. The first-order chi connectivity index (χ1) is 13.0. The SMILES string of the molecule is Cc1cc(Oc2nc(C)ccc2/C(=N/O)N2CCCCC2)cc(C(C)C)c1. The van der Waals surface area contributed by atoms with Gasteiger partial charge in [0, 0.05) is 18.8 Å². The van der Waals surface area contributed by atoms with Gasteiger partial charge in [-0.3, -0.25) is 0 Å². The van der Waals surface area contributed by atoms with E-state index in [1.807, 2.05) is 25.1 Å². The number of hydrogen-bond acceptors (Lipinski definition) is 4. The lowest BCUT2D eigenvalue weighted by Gasteiger charge is -2.29. The van der Waals surface area contributed by atoms with Crippen molar-refractivity contribution >= 4 is 5.84 Å². The molecule has 5 heteroatoms. The van der Waals surface area contributed by atoms with Crippen molar-refractivity contribution in [1.29, 1.82) is 0 Å². The van der Waals surface area contributed by atoms with Crippen LogP contribution >= 0.6 is 0 Å². The molecule has 0 unspecified atom stereocenters. The van der Waals surface area contributed by atoms with Crippen LogP contribution in [-0.4, -0.2) is 34.0 Å². The monoisotopic (exact) mass is 367 g/mol. The van der Waals surface area contributed by atoms with E-state index in [0.717, 1.165) is 48.5 Å². The van der Waals surface area contributed by atoms with Gasteiger partial charge in [0.2, 0.25) is 5.88 Å². The standard InChI is InChI=1S/C22H29N3O2/c1-15(2)18-12-16(3)13-19(14-18)27-22-20(9-8-17(4)23-22)21(24-26)25-10-6-5-7-11-25/h8-9,12-15,26H,5-7,10-11H2,1-4H3/b24-21-. The molecule has 1 aromatic heterocycles. The van der Waals surface area contributed by atoms with Crippen molar-refractivity contribution in [2.24, 2.45) is 5.16 Å². The fraction of sp³-hybridized carbons (Fsp3) is 0.455. The van der Waals surface area contributed by atoms with Crippen molar-refractivity contribution in [2.75, 3.05) is 13.1 Å². The third kappa shape index (κ3) is 4.59. The Bertz CT molecular complexity index is 824. The van der Waals surface area contributed by atoms with E-state index in [1.54, 1.807) is 0 Å². The van der Waals surface area contributed by atoms with Crippen LogP contribution in [0.5, 0.6) is 11.6 Å². The maximum Gasteiger partial charge on any atom is 0.230 e. The van der Waals surface area contributed by atoms with E-state index in [-0.39, 0.29) is 0 Å². The van der Waals surface area contributed by atoms with Crippen LogP contribution < -0.4 is 4.74 Å². The van der Waals surface area contributed by atoms with Gasteiger partial charge in [-0.25, -0.2) is 4.98 Å². The molecule has 144 valence electrons. The van der Waals surface area contributed by atoms with E-state index in [4.69, 9.17) is 4.74 Å². The summed E-state index contributed by atoms with van der Waals surface area (Å²) in [5, 5.41) is 13.3. The molecule has 5 nitrogen and oxygen atoms in total. The first kappa shape index (κ1) is 19.2. The molecule has 0 spiro atoms. The summed E-state index contributed by atoms with van der Waals surface area (Å²) in [6.07, 6.45) is 3.42. The molecular weight excluding hydrogens is 338 g/mol. The van der Waals surface area contributed by atoms with Crippen molar-refractivity contribution in [1.82, 2.24) is 9.88 Å². The molecule has 0 bridgehead atoms. The van der Waals surface area contributed by atoms with E-state index < -0.39 is 0 Å². The lowest BCUT2D eigenvalue weighted by Crippen LogP contribution is -2.36. The smallest absolute Gasteiger partial charge is 0.230 e. The molecule has 0 radical (unpaired) electrons. The van der Waals surface area contributed by atoms with Gasteiger partial charge in [0.05, 0.1) is 5.56 Å². The second-order valence-electron chi connectivity index (χ2n) is 7.61. The third-order valence-corrected chi connectivity index (χ3v) is 4.95. The molecule has 1 aliphatic rings. The summed E-state index contributed by atoms with van der Waals surface area (Å²) in [6.45, 7) is 10.1. The largest absolute Gasteiger partial charge is 0.438 e. The average Bonchev–Trinajstić information content (AvgIpc) is 2.64. The Morgan fingerprint density at radius 2 is 1.85 bits per heavy atom. The minimum atomic E-state index is 0.417. The van der Waals surface area contributed by atoms with Crippen LogP contribution in [0.25, 0.3) is 0 Å². The molecule has 0 aliphatic carbocycles. The zero-order valence-electron chi connectivity index (χ0n) is 16.7. The number of hydrogen-bond donors (Lipinski definition) is 1. The number of nitrogens with zero attached hydrogens (tertiary/aromatic N) is 3. The summed E-state index contributed by atoms with van der Waals surface area (Å²) in [5.74, 6) is 2.19. The number of oxime groups is 1. The first-order valence-corrected chi connectivity index (χ1v) is 9.72. The lowest BCUT2D eigenvalue weighted by atomic mass is 10.0. The highest BCUT2D eigenvalue weighted by molar-refractivity contribution is 6.00. The van der Waals surface area contributed by atoms with Gasteiger partial charge in [0.15, 0.2) is 5.84 Å². The van der Waals surface area contributed by atoms with Gasteiger partial charge >= 0.3 is 0 Å². The van der Waals surface area contributed by atoms with Crippen molar-refractivity contribution in [3.05, 3.63) is 52.7 Å². The predicted molar refractivity (Wildman–Crippen MR) is 108 cm³/mol. The fourth-order valence-electron chi connectivity index (χ4n) is 3.45. The second-order valence-corrected chi connectivity index (χ2v) is 7.61. The maximum atomic E-state index is 9.72. The van der Waals surface area contributed by atoms with Gasteiger partial charge < -0.3 is 14.8 Å². The van der Waals surface area contributed by atoms with Crippen molar-refractivity contribution < 1.29 is 9.94 Å². The second kappa shape index (κ2) is 8.42. The first-order valence-electron chi connectivity index (χ1n) is 9.72. The zero-order chi connectivity index (χ0) is 19.4. The van der Waals surface area contributed by atoms with Gasteiger partial charge in [-0.15, -0.1) is 0 Å². The summed E-state index contributed by atoms with van der Waals surface area (Å²) in [4.78, 5) is 6.71. The van der Waals surface area contributed by atoms with Crippen LogP contribution in [0.1, 0.15) is 61.4 Å². The van der Waals surface area contributed by atoms with Crippen molar-refractivity contribution in [2.45, 2.75) is 52.9 Å². The highest BCUT2D eigenvalue weighted by Crippen LogP contribution is 2.29. The molecule has 1 saturated heterocycles. The number of amidine groups is 1. The van der Waals surface area contributed by atoms with Crippen LogP contribution in [0.15, 0.2) is 35.5 Å². The summed E-state index contributed by atoms with van der Waals surface area (Å²) in [5.41, 5.74) is 3.96. The molecular formula is C22H29N3O2. The van der Waals surface area contributed by atoms with E-state index in [2.05, 4.69) is 47.9 Å². The lowest BCUT2D eigenvalue weighted by molar-refractivity contribution is 0.285. The van der Waals surface area contributed by atoms with Gasteiger partial charge in [-0.05, 0) is 74.4 Å². The Labute approximate surface area is 161 Å². The van der Waals surface area contributed by atoms with E-state index in [1.165, 1.54) is 12.0 Å². The summed E-state index contributed by atoms with van der Waals surface area (Å²) in [7, 11) is 0. The molecule has 3 rings (SSSR count). The molecule has 1 aromatic carbocycles. The topological polar surface area (TPSA) is 58.0 Å². The minimum Gasteiger partial charge on any atom is -0.438 e. The van der Waals surface area contributed by atoms with Crippen LogP contribution in [0.4, 0.5) is 0 Å². The highest BCUT2D eigenvalue weighted by atomic mass is 16.5. The normalized spacial score (nSPS) is 15.3. The summed E-state index contributed by atoms with van der Waals surface area (Å²) >= 11 is 0. The zero-order valence-corrected chi connectivity index (χ0v) is 16.7. The molecule has 1 N–H and O–H groups in total. The molecule has 2 aromatic rings. The summed E-state index contributed by atoms with van der Waals surface area (Å²) < 4.78 is 6.21. The number of ether oxygens (including phenoxy) is 1. The Hall–Kier alpha value is -2.56. The summed E-state index contributed by atoms with van der Waals surface area (Å²) in [6, 6.07) is 10.1. The number of likely N-dealkylation sites (tertiary alicyclic amines) is 1. The molecule has 2 heterocycles. The molecule has 1 fully saturated rings. The average molecular weight is 367 g/mol. The van der Waals surface area contributed by atoms with E-state index in [0.29, 0.717) is 17.6 Å². The molecule has 0 atom stereocenters. The molecule has 1 aliphatic heterocycles. The molecule has 0 amide bonds. The molecule has 27 heavy (non-hydrogen) atoms. The Kier molecular flexibility index (Phi) is 5.99. The van der Waals surface area contributed by atoms with E-state index >= 15 is 0 Å². The number of rotatable bonds is 4. The highest BCUT2D eigenvalue weighted by Gasteiger charge is 2.22. The van der Waals surface area contributed by atoms with Crippen molar-refractivity contribution in [3.63, 3.8) is 0 Å². The number of benzene rings is 1. The number of aromatic nitrogens is 1. The van der Waals surface area contributed by atoms with Crippen molar-refractivity contribution in [3.8, 4) is 11.6 Å². The van der Waals surface area contributed by atoms with Crippen LogP contribution in [0.2, 0.25) is 0 Å². The van der Waals surface area contributed by atoms with E-state index in [9.17, 15) is 5.21 Å². The van der Waals surface area contributed by atoms with Gasteiger partial charge in [-0.2, -0.15) is 0 Å². The minimum absolute atomic E-state index is 0.417. The molecule has 0 saturated carbocycles. The predicted octanol–water partition coefficient (Wildman–Crippen LogP) is 5.24. The maximum absolute atomic E-state index is 9.72. The third-order valence-electron chi connectivity index (χ3n) is 4.95. The number of piperidine rings is 1.